The first-order chi connectivity index (χ1) is 4.30. The molecule has 0 unspecified atom stereocenters. The van der Waals surface area contributed by atoms with Gasteiger partial charge in [-0.1, -0.05) is 0 Å². The van der Waals surface area contributed by atoms with Crippen molar-refractivity contribution in [1.29, 1.82) is 0 Å². The van der Waals surface area contributed by atoms with Crippen LogP contribution in [0.2, 0.25) is 0 Å². The van der Waals surface area contributed by atoms with Crippen LogP contribution in [0.1, 0.15) is 6.92 Å². The normalized spacial score (nSPS) is 26.0. The molecule has 0 amide bonds. The Kier molecular flexibility index (Phi) is 2.82. The molecule has 1 aliphatic heterocycles. The van der Waals surface area contributed by atoms with Gasteiger partial charge in [-0.15, -0.1) is 0 Å². The molecule has 1 rings (SSSR count). The van der Waals surface area contributed by atoms with Gasteiger partial charge in [0.2, 0.25) is 0 Å². The summed E-state index contributed by atoms with van der Waals surface area (Å²) in [6.07, 6.45) is 0. The van der Waals surface area contributed by atoms with Crippen molar-refractivity contribution in [1.82, 2.24) is 4.90 Å². The van der Waals surface area contributed by atoms with Crippen molar-refractivity contribution in [3.05, 3.63) is 0 Å². The van der Waals surface area contributed by atoms with Gasteiger partial charge < -0.3 is 4.74 Å². The fourth-order valence-electron chi connectivity index (χ4n) is 0.951. The zero-order valence-electron chi connectivity index (χ0n) is 5.71. The molecule has 1 aliphatic rings. The molecular formula is C6H13NOS. The van der Waals surface area contributed by atoms with Crippen LogP contribution in [0.15, 0.2) is 0 Å². The van der Waals surface area contributed by atoms with E-state index in [2.05, 4.69) is 24.5 Å². The second-order valence-electron chi connectivity index (χ2n) is 2.28. The highest BCUT2D eigenvalue weighted by Gasteiger charge is 2.12. The summed E-state index contributed by atoms with van der Waals surface area (Å²) >= 11 is 4.31. The molecule has 0 radical (unpaired) electrons. The van der Waals surface area contributed by atoms with E-state index in [0.717, 1.165) is 26.3 Å². The number of nitrogens with zero attached hydrogens (tertiary/aromatic N) is 1. The molecule has 2 nitrogen and oxygen atoms in total. The summed E-state index contributed by atoms with van der Waals surface area (Å²) < 4.78 is 5.17. The van der Waals surface area contributed by atoms with Crippen molar-refractivity contribution in [3.8, 4) is 0 Å². The molecule has 0 aromatic rings. The largest absolute Gasteiger partial charge is 0.379 e. The lowest BCUT2D eigenvalue weighted by atomic mass is 10.4. The smallest absolute Gasteiger partial charge is 0.0594 e. The summed E-state index contributed by atoms with van der Waals surface area (Å²) in [5.74, 6) is 0. The first kappa shape index (κ1) is 7.38. The Balaban J connectivity index is 2.23. The topological polar surface area (TPSA) is 12.5 Å². The molecule has 0 spiro atoms. The molecule has 0 aromatic heterocycles. The minimum atomic E-state index is 0.383. The van der Waals surface area contributed by atoms with E-state index in [4.69, 9.17) is 4.74 Å². The standard InChI is InChI=1S/C6H13NOS/c1-6(9)7-2-4-8-5-3-7/h6,9H,2-5H2,1H3/t6-/m1/s1. The maximum Gasteiger partial charge on any atom is 0.0594 e. The average molecular weight is 147 g/mol. The summed E-state index contributed by atoms with van der Waals surface area (Å²) in [6.45, 7) is 5.89. The maximum atomic E-state index is 5.17. The van der Waals surface area contributed by atoms with E-state index >= 15 is 0 Å². The number of morpholine rings is 1. The van der Waals surface area contributed by atoms with Crippen LogP contribution in [0.4, 0.5) is 0 Å². The lowest BCUT2D eigenvalue weighted by molar-refractivity contribution is 0.0354. The first-order valence-corrected chi connectivity index (χ1v) is 3.82. The molecule has 1 atom stereocenters. The lowest BCUT2D eigenvalue weighted by Crippen LogP contribution is -2.39. The van der Waals surface area contributed by atoms with E-state index in [1.54, 1.807) is 0 Å². The monoisotopic (exact) mass is 147 g/mol. The van der Waals surface area contributed by atoms with Crippen LogP contribution in [0.25, 0.3) is 0 Å². The van der Waals surface area contributed by atoms with Crippen LogP contribution in [0, 0.1) is 0 Å². The van der Waals surface area contributed by atoms with E-state index in [1.165, 1.54) is 0 Å². The van der Waals surface area contributed by atoms with Crippen LogP contribution >= 0.6 is 12.6 Å². The van der Waals surface area contributed by atoms with Crippen molar-refractivity contribution in [2.75, 3.05) is 26.3 Å². The van der Waals surface area contributed by atoms with Gasteiger partial charge in [0.15, 0.2) is 0 Å². The Morgan fingerprint density at radius 3 is 2.33 bits per heavy atom. The minimum Gasteiger partial charge on any atom is -0.379 e. The summed E-state index contributed by atoms with van der Waals surface area (Å²) in [7, 11) is 0. The highest BCUT2D eigenvalue weighted by atomic mass is 32.1. The second kappa shape index (κ2) is 3.44. The quantitative estimate of drug-likeness (QED) is 0.545. The van der Waals surface area contributed by atoms with Gasteiger partial charge in [-0.2, -0.15) is 12.6 Å². The van der Waals surface area contributed by atoms with Gasteiger partial charge in [-0.25, -0.2) is 0 Å². The van der Waals surface area contributed by atoms with E-state index in [-0.39, 0.29) is 0 Å². The molecule has 1 heterocycles. The predicted octanol–water partition coefficient (Wildman–Crippen LogP) is 0.594. The minimum absolute atomic E-state index is 0.383. The molecule has 0 aromatic carbocycles. The molecule has 3 heteroatoms. The third kappa shape index (κ3) is 2.16. The van der Waals surface area contributed by atoms with Crippen LogP contribution in [0.5, 0.6) is 0 Å². The van der Waals surface area contributed by atoms with Crippen LogP contribution in [-0.2, 0) is 4.74 Å². The highest BCUT2D eigenvalue weighted by molar-refractivity contribution is 7.80. The molecule has 0 aliphatic carbocycles. The number of thiol groups is 1. The molecule has 0 N–H and O–H groups in total. The SMILES string of the molecule is C[C@@H](S)N1CCOCC1. The average Bonchev–Trinajstić information content (AvgIpc) is 1.90. The summed E-state index contributed by atoms with van der Waals surface area (Å²) in [5, 5.41) is 0.383. The Bertz CT molecular complexity index is 81.1. The molecule has 0 saturated carbocycles. The number of ether oxygens (including phenoxy) is 1. The highest BCUT2D eigenvalue weighted by Crippen LogP contribution is 2.05. The molecule has 54 valence electrons. The van der Waals surface area contributed by atoms with Crippen LogP contribution < -0.4 is 0 Å². The number of hydrogen-bond acceptors (Lipinski definition) is 3. The molecule has 1 saturated heterocycles. The fraction of sp³-hybridized carbons (Fsp3) is 1.00. The van der Waals surface area contributed by atoms with Gasteiger partial charge >= 0.3 is 0 Å². The van der Waals surface area contributed by atoms with Gasteiger partial charge in [0, 0.05) is 13.1 Å². The number of rotatable bonds is 1. The van der Waals surface area contributed by atoms with Gasteiger partial charge in [-0.3, -0.25) is 4.90 Å². The predicted molar refractivity (Wildman–Crippen MR) is 40.8 cm³/mol. The van der Waals surface area contributed by atoms with E-state index in [0.29, 0.717) is 5.37 Å². The van der Waals surface area contributed by atoms with Gasteiger partial charge in [0.1, 0.15) is 0 Å². The molecule has 0 bridgehead atoms. The zero-order chi connectivity index (χ0) is 6.69. The van der Waals surface area contributed by atoms with Gasteiger partial charge in [0.25, 0.3) is 0 Å². The second-order valence-corrected chi connectivity index (χ2v) is 3.03. The Hall–Kier alpha value is 0.270. The van der Waals surface area contributed by atoms with Crippen molar-refractivity contribution in [2.45, 2.75) is 12.3 Å². The summed E-state index contributed by atoms with van der Waals surface area (Å²) in [6, 6.07) is 0. The molecular weight excluding hydrogens is 134 g/mol. The van der Waals surface area contributed by atoms with Crippen molar-refractivity contribution in [2.24, 2.45) is 0 Å². The lowest BCUT2D eigenvalue weighted by Gasteiger charge is -2.29. The first-order valence-electron chi connectivity index (χ1n) is 3.30. The van der Waals surface area contributed by atoms with E-state index in [9.17, 15) is 0 Å². The van der Waals surface area contributed by atoms with Crippen molar-refractivity contribution >= 4 is 12.6 Å². The van der Waals surface area contributed by atoms with Crippen LogP contribution in [0.3, 0.4) is 0 Å². The van der Waals surface area contributed by atoms with E-state index in [1.807, 2.05) is 0 Å². The number of hydrogen-bond donors (Lipinski definition) is 1. The third-order valence-corrected chi connectivity index (χ3v) is 1.90. The van der Waals surface area contributed by atoms with E-state index < -0.39 is 0 Å². The van der Waals surface area contributed by atoms with Crippen LogP contribution in [-0.4, -0.2) is 36.6 Å². The third-order valence-electron chi connectivity index (χ3n) is 1.57. The zero-order valence-corrected chi connectivity index (χ0v) is 6.60. The Morgan fingerprint density at radius 1 is 1.44 bits per heavy atom. The van der Waals surface area contributed by atoms with Gasteiger partial charge in [-0.05, 0) is 6.92 Å². The van der Waals surface area contributed by atoms with Crippen molar-refractivity contribution < 1.29 is 4.74 Å². The van der Waals surface area contributed by atoms with Gasteiger partial charge in [0.05, 0.1) is 18.6 Å². The fourth-order valence-corrected chi connectivity index (χ4v) is 1.18. The molecule has 1 fully saturated rings. The van der Waals surface area contributed by atoms with Crippen molar-refractivity contribution in [3.63, 3.8) is 0 Å². The summed E-state index contributed by atoms with van der Waals surface area (Å²) in [4.78, 5) is 2.30. The summed E-state index contributed by atoms with van der Waals surface area (Å²) in [5.41, 5.74) is 0. The maximum absolute atomic E-state index is 5.17. The Morgan fingerprint density at radius 2 is 2.00 bits per heavy atom. The molecule has 9 heavy (non-hydrogen) atoms. The Labute approximate surface area is 61.6 Å².